The minimum absolute atomic E-state index is 0.115. The highest BCUT2D eigenvalue weighted by molar-refractivity contribution is 5.28. The molecule has 0 saturated carbocycles. The average molecular weight is 245 g/mol. The zero-order chi connectivity index (χ0) is 12.4. The number of tetrazole rings is 1. The monoisotopic (exact) mass is 245 g/mol. The number of hydrogen-bond acceptors (Lipinski definition) is 4. The van der Waals surface area contributed by atoms with Crippen LogP contribution in [0, 0.1) is 0 Å². The predicted molar refractivity (Wildman–Crippen MR) is 66.8 cm³/mol. The Morgan fingerprint density at radius 3 is 2.78 bits per heavy atom. The van der Waals surface area contributed by atoms with Gasteiger partial charge >= 0.3 is 5.69 Å². The Kier molecular flexibility index (Phi) is 2.93. The zero-order valence-electron chi connectivity index (χ0n) is 9.99. The standard InChI is InChI=1S/C12H15N5O/c18-12-16(10-5-2-1-3-6-10)14-15-17(12)11-7-4-8-13-9-11/h1-3,5-6,11,13H,4,7-9H2. The quantitative estimate of drug-likeness (QED) is 0.829. The zero-order valence-corrected chi connectivity index (χ0v) is 9.99. The van der Waals surface area contributed by atoms with Crippen molar-refractivity contribution < 1.29 is 0 Å². The van der Waals surface area contributed by atoms with Crippen molar-refractivity contribution in [1.82, 2.24) is 25.1 Å². The normalized spacial score (nSPS) is 19.9. The molecule has 94 valence electrons. The Balaban J connectivity index is 1.95. The third-order valence-corrected chi connectivity index (χ3v) is 3.22. The van der Waals surface area contributed by atoms with Gasteiger partial charge in [-0.15, -0.1) is 0 Å². The molecular formula is C12H15N5O. The van der Waals surface area contributed by atoms with Crippen LogP contribution in [0.15, 0.2) is 35.1 Å². The van der Waals surface area contributed by atoms with E-state index < -0.39 is 0 Å². The van der Waals surface area contributed by atoms with Gasteiger partial charge in [0.2, 0.25) is 0 Å². The van der Waals surface area contributed by atoms with Crippen molar-refractivity contribution >= 4 is 0 Å². The predicted octanol–water partition coefficient (Wildman–Crippen LogP) is 0.353. The van der Waals surface area contributed by atoms with Crippen molar-refractivity contribution in [2.24, 2.45) is 0 Å². The van der Waals surface area contributed by atoms with Crippen LogP contribution < -0.4 is 11.0 Å². The summed E-state index contributed by atoms with van der Waals surface area (Å²) < 4.78 is 2.83. The number of benzene rings is 1. The summed E-state index contributed by atoms with van der Waals surface area (Å²) in [5.41, 5.74) is 0.576. The van der Waals surface area contributed by atoms with Gasteiger partial charge in [-0.2, -0.15) is 9.36 Å². The fourth-order valence-corrected chi connectivity index (χ4v) is 2.26. The molecule has 0 amide bonds. The molecule has 0 radical (unpaired) electrons. The summed E-state index contributed by atoms with van der Waals surface area (Å²) >= 11 is 0. The molecule has 1 N–H and O–H groups in total. The third-order valence-electron chi connectivity index (χ3n) is 3.22. The molecule has 1 aliphatic rings. The fraction of sp³-hybridized carbons (Fsp3) is 0.417. The minimum Gasteiger partial charge on any atom is -0.315 e. The molecule has 1 saturated heterocycles. The number of para-hydroxylation sites is 1. The maximum absolute atomic E-state index is 12.2. The van der Waals surface area contributed by atoms with Crippen molar-refractivity contribution in [1.29, 1.82) is 0 Å². The lowest BCUT2D eigenvalue weighted by atomic mass is 10.1. The van der Waals surface area contributed by atoms with Crippen molar-refractivity contribution in [3.8, 4) is 5.69 Å². The summed E-state index contributed by atoms with van der Waals surface area (Å²) in [6.45, 7) is 1.80. The highest BCUT2D eigenvalue weighted by Gasteiger charge is 2.20. The second-order valence-corrected chi connectivity index (χ2v) is 4.45. The fourth-order valence-electron chi connectivity index (χ4n) is 2.26. The van der Waals surface area contributed by atoms with E-state index in [0.29, 0.717) is 0 Å². The molecule has 18 heavy (non-hydrogen) atoms. The molecule has 1 atom stereocenters. The molecule has 1 aromatic heterocycles. The lowest BCUT2D eigenvalue weighted by Gasteiger charge is -2.21. The van der Waals surface area contributed by atoms with Crippen LogP contribution in [-0.4, -0.2) is 32.9 Å². The van der Waals surface area contributed by atoms with Crippen LogP contribution >= 0.6 is 0 Å². The summed E-state index contributed by atoms with van der Waals surface area (Å²) in [6, 6.07) is 9.47. The second-order valence-electron chi connectivity index (χ2n) is 4.45. The Morgan fingerprint density at radius 2 is 2.06 bits per heavy atom. The Hall–Kier alpha value is -1.95. The van der Waals surface area contributed by atoms with Crippen LogP contribution in [0.5, 0.6) is 0 Å². The van der Waals surface area contributed by atoms with Crippen LogP contribution in [0.2, 0.25) is 0 Å². The summed E-state index contributed by atoms with van der Waals surface area (Å²) in [4.78, 5) is 12.2. The maximum Gasteiger partial charge on any atom is 0.368 e. The molecule has 2 heterocycles. The van der Waals surface area contributed by atoms with Gasteiger partial charge in [-0.25, -0.2) is 4.79 Å². The lowest BCUT2D eigenvalue weighted by Crippen LogP contribution is -2.37. The SMILES string of the molecule is O=c1n(-c2ccccc2)nnn1C1CCCNC1. The highest BCUT2D eigenvalue weighted by atomic mass is 16.2. The first-order valence-corrected chi connectivity index (χ1v) is 6.17. The largest absolute Gasteiger partial charge is 0.368 e. The van der Waals surface area contributed by atoms with Crippen molar-refractivity contribution in [2.45, 2.75) is 18.9 Å². The van der Waals surface area contributed by atoms with E-state index in [2.05, 4.69) is 15.7 Å². The van der Waals surface area contributed by atoms with E-state index in [9.17, 15) is 4.79 Å². The Bertz CT molecular complexity index is 568. The number of rotatable bonds is 2. The first-order valence-electron chi connectivity index (χ1n) is 6.17. The van der Waals surface area contributed by atoms with Gasteiger partial charge in [0.25, 0.3) is 0 Å². The minimum atomic E-state index is -0.171. The number of aromatic nitrogens is 4. The van der Waals surface area contributed by atoms with Crippen LogP contribution in [0.4, 0.5) is 0 Å². The second kappa shape index (κ2) is 4.73. The summed E-state index contributed by atoms with van der Waals surface area (Å²) in [6.07, 6.45) is 2.04. The maximum atomic E-state index is 12.2. The van der Waals surface area contributed by atoms with Gasteiger partial charge in [-0.3, -0.25) is 0 Å². The molecule has 1 fully saturated rings. The van der Waals surface area contributed by atoms with Gasteiger partial charge < -0.3 is 5.32 Å². The van der Waals surface area contributed by atoms with E-state index in [1.807, 2.05) is 30.3 Å². The van der Waals surface area contributed by atoms with Gasteiger partial charge in [-0.1, -0.05) is 18.2 Å². The van der Waals surface area contributed by atoms with Crippen molar-refractivity contribution in [3.05, 3.63) is 40.8 Å². The average Bonchev–Trinajstić information content (AvgIpc) is 2.83. The van der Waals surface area contributed by atoms with Crippen LogP contribution in [0.1, 0.15) is 18.9 Å². The highest BCUT2D eigenvalue weighted by Crippen LogP contribution is 2.12. The molecule has 3 rings (SSSR count). The van der Waals surface area contributed by atoms with Crippen LogP contribution in [-0.2, 0) is 0 Å². The molecule has 0 spiro atoms. The van der Waals surface area contributed by atoms with Gasteiger partial charge in [0.15, 0.2) is 0 Å². The first-order chi connectivity index (χ1) is 8.86. The number of hydrogen-bond donors (Lipinski definition) is 1. The van der Waals surface area contributed by atoms with Gasteiger partial charge in [0.05, 0.1) is 11.7 Å². The van der Waals surface area contributed by atoms with Crippen LogP contribution in [0.25, 0.3) is 5.69 Å². The van der Waals surface area contributed by atoms with E-state index in [1.165, 1.54) is 9.36 Å². The van der Waals surface area contributed by atoms with Crippen molar-refractivity contribution in [2.75, 3.05) is 13.1 Å². The molecule has 0 bridgehead atoms. The van der Waals surface area contributed by atoms with E-state index in [4.69, 9.17) is 0 Å². The summed E-state index contributed by atoms with van der Waals surface area (Å²) in [7, 11) is 0. The topological polar surface area (TPSA) is 64.7 Å². The third kappa shape index (κ3) is 1.95. The molecule has 0 aliphatic carbocycles. The van der Waals surface area contributed by atoms with E-state index in [-0.39, 0.29) is 11.7 Å². The first kappa shape index (κ1) is 11.2. The molecular weight excluding hydrogens is 230 g/mol. The molecule has 6 nitrogen and oxygen atoms in total. The molecule has 2 aromatic rings. The Morgan fingerprint density at radius 1 is 1.22 bits per heavy atom. The Labute approximate surface area is 104 Å². The summed E-state index contributed by atoms with van der Waals surface area (Å²) in [5.74, 6) is 0. The van der Waals surface area contributed by atoms with Crippen molar-refractivity contribution in [3.63, 3.8) is 0 Å². The van der Waals surface area contributed by atoms with Crippen LogP contribution in [0.3, 0.4) is 0 Å². The van der Waals surface area contributed by atoms with Gasteiger partial charge in [-0.05, 0) is 41.9 Å². The number of piperidine rings is 1. The van der Waals surface area contributed by atoms with E-state index >= 15 is 0 Å². The van der Waals surface area contributed by atoms with E-state index in [0.717, 1.165) is 31.6 Å². The van der Waals surface area contributed by atoms with Gasteiger partial charge in [0.1, 0.15) is 0 Å². The number of nitrogens with zero attached hydrogens (tertiary/aromatic N) is 4. The number of nitrogens with one attached hydrogen (secondary N) is 1. The molecule has 1 unspecified atom stereocenters. The molecule has 1 aliphatic heterocycles. The molecule has 6 heteroatoms. The van der Waals surface area contributed by atoms with Gasteiger partial charge in [0, 0.05) is 6.54 Å². The lowest BCUT2D eigenvalue weighted by molar-refractivity contribution is 0.334. The van der Waals surface area contributed by atoms with E-state index in [1.54, 1.807) is 0 Å². The smallest absolute Gasteiger partial charge is 0.315 e. The summed E-state index contributed by atoms with van der Waals surface area (Å²) in [5, 5.41) is 11.2. The molecule has 1 aromatic carbocycles.